The quantitative estimate of drug-likeness (QED) is 0.382. The normalized spacial score (nSPS) is 15.6. The van der Waals surface area contributed by atoms with Crippen LogP contribution in [0.2, 0.25) is 13.1 Å². The topological polar surface area (TPSA) is 23.5 Å². The Kier molecular flexibility index (Phi) is 9.26. The maximum atomic E-state index is 11.3. The molecule has 0 unspecified atom stereocenters. The van der Waals surface area contributed by atoms with Gasteiger partial charge in [-0.05, 0) is 105 Å². The Bertz CT molecular complexity index is 953. The van der Waals surface area contributed by atoms with E-state index in [1.165, 1.54) is 57.1 Å². The van der Waals surface area contributed by atoms with Crippen LogP contribution in [0.1, 0.15) is 74.3 Å². The van der Waals surface area contributed by atoms with Crippen molar-refractivity contribution in [1.29, 1.82) is 0 Å². The second kappa shape index (κ2) is 11.2. The Balaban J connectivity index is 0.000000968. The van der Waals surface area contributed by atoms with E-state index >= 15 is 0 Å². The van der Waals surface area contributed by atoms with Gasteiger partial charge in [0.05, 0.1) is 0 Å². The summed E-state index contributed by atoms with van der Waals surface area (Å²) in [5.74, 6) is 0.521. The number of aromatic hydroxyl groups is 1. The van der Waals surface area contributed by atoms with Crippen molar-refractivity contribution < 1.29 is 26.0 Å². The molecule has 2 aliphatic carbocycles. The fourth-order valence-electron chi connectivity index (χ4n) is 5.62. The average Bonchev–Trinajstić information content (AvgIpc) is 2.76. The molecule has 4 rings (SSSR count). The standard InChI is InChI=1S/C27H39NOSi.2ClH.Zr/c1-27(2,3)23-16-11-17-24(26(23)29)30(5,6)28(4)25-21-14-9-7-12-19(21)18-20-13-8-10-15-22(20)25;;;/h11,16-18,29H,7-10,12-15H2,1-6H3;2*1H;/q;;;+2/p-2. The molecule has 0 saturated heterocycles. The second-order valence-electron chi connectivity index (χ2n) is 11.1. The first-order valence-corrected chi connectivity index (χ1v) is 21.5. The first kappa shape index (κ1) is 27.3. The van der Waals surface area contributed by atoms with Crippen LogP contribution in [0.25, 0.3) is 0 Å². The number of halogens is 2. The summed E-state index contributed by atoms with van der Waals surface area (Å²) < 4.78 is 2.63. The van der Waals surface area contributed by atoms with Crippen molar-refractivity contribution in [2.75, 3.05) is 11.6 Å². The Morgan fingerprint density at radius 3 is 1.88 bits per heavy atom. The number of hydrogen-bond acceptors (Lipinski definition) is 2. The number of phenolic OH excluding ortho intramolecular Hbond substituents is 1. The summed E-state index contributed by atoms with van der Waals surface area (Å²) >= 11 is -0.826. The van der Waals surface area contributed by atoms with Gasteiger partial charge in [0.2, 0.25) is 0 Å². The average molecular weight is 584 g/mol. The molecule has 0 aromatic heterocycles. The summed E-state index contributed by atoms with van der Waals surface area (Å²) in [6, 6.07) is 8.96. The number of benzene rings is 2. The van der Waals surface area contributed by atoms with E-state index < -0.39 is 29.1 Å². The van der Waals surface area contributed by atoms with Crippen LogP contribution in [-0.2, 0) is 51.9 Å². The summed E-state index contributed by atoms with van der Waals surface area (Å²) in [5.41, 5.74) is 8.94. The van der Waals surface area contributed by atoms with Crippen molar-refractivity contribution in [3.8, 4) is 5.75 Å². The summed E-state index contributed by atoms with van der Waals surface area (Å²) in [5, 5.41) is 12.5. The number of rotatable bonds is 3. The number of phenols is 1. The van der Waals surface area contributed by atoms with Crippen molar-refractivity contribution in [2.24, 2.45) is 0 Å². The molecule has 2 aliphatic rings. The van der Waals surface area contributed by atoms with E-state index in [1.807, 2.05) is 0 Å². The van der Waals surface area contributed by atoms with Crippen LogP contribution in [0.3, 0.4) is 0 Å². The Morgan fingerprint density at radius 1 is 0.909 bits per heavy atom. The van der Waals surface area contributed by atoms with Crippen LogP contribution in [-0.4, -0.2) is 20.4 Å². The fourth-order valence-corrected chi connectivity index (χ4v) is 8.03. The molecule has 0 spiro atoms. The van der Waals surface area contributed by atoms with E-state index in [9.17, 15) is 5.11 Å². The van der Waals surface area contributed by atoms with E-state index in [4.69, 9.17) is 17.0 Å². The molecule has 0 bridgehead atoms. The minimum atomic E-state index is -2.11. The molecule has 1 N–H and O–H groups in total. The molecule has 0 atom stereocenters. The van der Waals surface area contributed by atoms with Crippen LogP contribution in [0.15, 0.2) is 24.3 Å². The molecule has 0 heterocycles. The van der Waals surface area contributed by atoms with Crippen molar-refractivity contribution in [2.45, 2.75) is 90.6 Å². The zero-order valence-electron chi connectivity index (χ0n) is 21.1. The van der Waals surface area contributed by atoms with E-state index in [0.717, 1.165) is 10.8 Å². The molecule has 2 aromatic rings. The SMILES string of the molecule is CN(c1c2c(cc3c1CCCC3)CCCC2)[Si](C)(C)c1cccc(C(C)(C)C)c1O.[Cl][Zr][Cl]. The first-order valence-electron chi connectivity index (χ1n) is 12.2. The van der Waals surface area contributed by atoms with Crippen molar-refractivity contribution in [3.63, 3.8) is 0 Å². The van der Waals surface area contributed by atoms with Crippen molar-refractivity contribution >= 4 is 36.1 Å². The number of fused-ring (bicyclic) bond motifs is 2. The molecule has 33 heavy (non-hydrogen) atoms. The van der Waals surface area contributed by atoms with Gasteiger partial charge in [-0.3, -0.25) is 0 Å². The number of nitrogens with zero attached hydrogens (tertiary/aromatic N) is 1. The van der Waals surface area contributed by atoms with Crippen LogP contribution in [0.5, 0.6) is 5.75 Å². The van der Waals surface area contributed by atoms with Crippen LogP contribution in [0.4, 0.5) is 5.69 Å². The molecule has 0 aliphatic heterocycles. The van der Waals surface area contributed by atoms with E-state index in [0.29, 0.717) is 5.75 Å². The van der Waals surface area contributed by atoms with Crippen LogP contribution >= 0.6 is 17.0 Å². The summed E-state index contributed by atoms with van der Waals surface area (Å²) in [6.45, 7) is 11.4. The third-order valence-corrected chi connectivity index (χ3v) is 11.2. The Morgan fingerprint density at radius 2 is 1.39 bits per heavy atom. The van der Waals surface area contributed by atoms with Gasteiger partial charge in [0.25, 0.3) is 0 Å². The summed E-state index contributed by atoms with van der Waals surface area (Å²) in [6.07, 6.45) is 10.1. The Labute approximate surface area is 220 Å². The molecule has 2 aromatic carbocycles. The Hall–Kier alpha value is -0.280. The van der Waals surface area contributed by atoms with Gasteiger partial charge in [-0.25, -0.2) is 0 Å². The molecule has 0 radical (unpaired) electrons. The summed E-state index contributed by atoms with van der Waals surface area (Å²) in [7, 11) is 10.1. The molecule has 0 saturated carbocycles. The number of anilines is 1. The predicted molar refractivity (Wildman–Crippen MR) is 144 cm³/mol. The van der Waals surface area contributed by atoms with Gasteiger partial charge in [0, 0.05) is 10.9 Å². The second-order valence-corrected chi connectivity index (χ2v) is 19.1. The van der Waals surface area contributed by atoms with Crippen LogP contribution < -0.4 is 9.75 Å². The fraction of sp³-hybridized carbons (Fsp3) is 0.556. The number of aryl methyl sites for hydroxylation is 2. The van der Waals surface area contributed by atoms with Gasteiger partial charge in [0.1, 0.15) is 5.75 Å². The number of para-hydroxylation sites is 1. The predicted octanol–water partition coefficient (Wildman–Crippen LogP) is 7.37. The van der Waals surface area contributed by atoms with Gasteiger partial charge >= 0.3 is 37.9 Å². The first-order chi connectivity index (χ1) is 15.5. The maximum absolute atomic E-state index is 11.3. The monoisotopic (exact) mass is 581 g/mol. The molecule has 6 heteroatoms. The molecule has 0 amide bonds. The van der Waals surface area contributed by atoms with Crippen LogP contribution in [0, 0.1) is 0 Å². The third kappa shape index (κ3) is 5.76. The molecule has 2 nitrogen and oxygen atoms in total. The van der Waals surface area contributed by atoms with E-state index in [1.54, 1.807) is 22.3 Å². The van der Waals surface area contributed by atoms with Gasteiger partial charge in [-0.15, -0.1) is 0 Å². The molecule has 180 valence electrons. The van der Waals surface area contributed by atoms with Gasteiger partial charge in [0.15, 0.2) is 8.24 Å². The third-order valence-electron chi connectivity index (χ3n) is 7.62. The minimum absolute atomic E-state index is 0.0613. The van der Waals surface area contributed by atoms with Crippen molar-refractivity contribution in [3.05, 3.63) is 52.1 Å². The van der Waals surface area contributed by atoms with Gasteiger partial charge < -0.3 is 9.67 Å². The van der Waals surface area contributed by atoms with Crippen molar-refractivity contribution in [1.82, 2.24) is 0 Å². The molecular formula is C27H39Cl2NOSiZr. The molecule has 0 fully saturated rings. The number of hydrogen-bond donors (Lipinski definition) is 1. The zero-order chi connectivity index (χ0) is 24.4. The van der Waals surface area contributed by atoms with Gasteiger partial charge in [-0.1, -0.05) is 45.0 Å². The summed E-state index contributed by atoms with van der Waals surface area (Å²) in [4.78, 5) is 0. The zero-order valence-corrected chi connectivity index (χ0v) is 26.1. The van der Waals surface area contributed by atoms with Gasteiger partial charge in [-0.2, -0.15) is 0 Å². The van der Waals surface area contributed by atoms with E-state index in [2.05, 4.69) is 69.7 Å². The molecular weight excluding hydrogens is 545 g/mol. The van der Waals surface area contributed by atoms with E-state index in [-0.39, 0.29) is 5.41 Å².